The Hall–Kier alpha value is -2.86. The van der Waals surface area contributed by atoms with Crippen LogP contribution in [0.2, 0.25) is 0 Å². The Labute approximate surface area is 163 Å². The lowest BCUT2D eigenvalue weighted by Gasteiger charge is -2.08. The Morgan fingerprint density at radius 3 is 2.67 bits per heavy atom. The van der Waals surface area contributed by atoms with Crippen LogP contribution in [0.15, 0.2) is 65.8 Å². The van der Waals surface area contributed by atoms with Crippen molar-refractivity contribution in [1.29, 1.82) is 0 Å². The van der Waals surface area contributed by atoms with Crippen molar-refractivity contribution < 1.29 is 9.53 Å². The van der Waals surface area contributed by atoms with Gasteiger partial charge >= 0.3 is 0 Å². The largest absolute Gasteiger partial charge is 0.497 e. The van der Waals surface area contributed by atoms with Gasteiger partial charge in [-0.3, -0.25) is 4.79 Å². The van der Waals surface area contributed by atoms with Crippen LogP contribution in [0.3, 0.4) is 0 Å². The van der Waals surface area contributed by atoms with Gasteiger partial charge in [-0.1, -0.05) is 54.2 Å². The molecule has 27 heavy (non-hydrogen) atoms. The number of ether oxygens (including phenoxy) is 1. The summed E-state index contributed by atoms with van der Waals surface area (Å²) in [5, 5.41) is 3.51. The number of benzene rings is 2. The molecule has 3 rings (SSSR count). The highest BCUT2D eigenvalue weighted by molar-refractivity contribution is 7.99. The van der Waals surface area contributed by atoms with E-state index in [1.54, 1.807) is 7.11 Å². The monoisotopic (exact) mass is 379 g/mol. The molecule has 0 saturated carbocycles. The third kappa shape index (κ3) is 5.56. The number of carbonyl (C=O) groups is 1. The average molecular weight is 379 g/mol. The molecule has 6 heteroatoms. The summed E-state index contributed by atoms with van der Waals surface area (Å²) in [6.07, 6.45) is 0. The first-order valence-electron chi connectivity index (χ1n) is 8.57. The first kappa shape index (κ1) is 18.9. The number of nitrogens with zero attached hydrogens (tertiary/aromatic N) is 2. The molecule has 0 aliphatic rings. The molecule has 1 heterocycles. The lowest BCUT2D eigenvalue weighted by molar-refractivity contribution is -0.118. The summed E-state index contributed by atoms with van der Waals surface area (Å²) in [6.45, 7) is 2.39. The number of rotatable bonds is 7. The summed E-state index contributed by atoms with van der Waals surface area (Å²) >= 11 is 1.34. The van der Waals surface area contributed by atoms with Crippen LogP contribution in [0.4, 0.5) is 0 Å². The van der Waals surface area contributed by atoms with E-state index in [0.717, 1.165) is 28.3 Å². The number of methoxy groups -OCH3 is 1. The van der Waals surface area contributed by atoms with Crippen LogP contribution >= 0.6 is 11.8 Å². The van der Waals surface area contributed by atoms with Crippen molar-refractivity contribution in [3.63, 3.8) is 0 Å². The van der Waals surface area contributed by atoms with Crippen LogP contribution < -0.4 is 10.1 Å². The van der Waals surface area contributed by atoms with Crippen LogP contribution in [0.1, 0.15) is 11.3 Å². The quantitative estimate of drug-likeness (QED) is 0.499. The van der Waals surface area contributed by atoms with Crippen molar-refractivity contribution in [2.24, 2.45) is 0 Å². The summed E-state index contributed by atoms with van der Waals surface area (Å²) in [5.74, 6) is 0.980. The number of aromatic nitrogens is 2. The molecule has 1 aromatic heterocycles. The summed E-state index contributed by atoms with van der Waals surface area (Å²) in [6, 6.07) is 19.5. The van der Waals surface area contributed by atoms with Crippen LogP contribution in [-0.2, 0) is 11.3 Å². The minimum Gasteiger partial charge on any atom is -0.497 e. The van der Waals surface area contributed by atoms with E-state index in [9.17, 15) is 4.79 Å². The molecule has 1 amide bonds. The van der Waals surface area contributed by atoms with E-state index in [2.05, 4.69) is 15.3 Å². The molecule has 1 N–H and O–H groups in total. The molecule has 0 unspecified atom stereocenters. The van der Waals surface area contributed by atoms with Crippen molar-refractivity contribution in [2.75, 3.05) is 12.9 Å². The standard InChI is InChI=1S/C21H21N3O2S/c1-15-11-19(17-8-4-3-5-9-17)24-21(23-15)27-14-20(25)22-13-16-7-6-10-18(12-16)26-2/h3-12H,13-14H2,1-2H3,(H,22,25). The number of aryl methyl sites for hydroxylation is 1. The summed E-state index contributed by atoms with van der Waals surface area (Å²) in [7, 11) is 1.62. The Morgan fingerprint density at radius 1 is 1.07 bits per heavy atom. The van der Waals surface area contributed by atoms with Gasteiger partial charge in [-0.15, -0.1) is 0 Å². The molecule has 0 fully saturated rings. The fourth-order valence-corrected chi connectivity index (χ4v) is 3.26. The molecular weight excluding hydrogens is 358 g/mol. The second-order valence-electron chi connectivity index (χ2n) is 5.96. The van der Waals surface area contributed by atoms with Gasteiger partial charge in [0.15, 0.2) is 5.16 Å². The molecule has 0 bridgehead atoms. The lowest BCUT2D eigenvalue weighted by atomic mass is 10.1. The second kappa shape index (κ2) is 9.19. The number of nitrogens with one attached hydrogen (secondary N) is 1. The minimum absolute atomic E-state index is 0.0609. The summed E-state index contributed by atoms with van der Waals surface area (Å²) in [4.78, 5) is 21.2. The highest BCUT2D eigenvalue weighted by Gasteiger charge is 2.08. The molecule has 2 aromatic carbocycles. The van der Waals surface area contributed by atoms with E-state index in [-0.39, 0.29) is 11.7 Å². The first-order valence-corrected chi connectivity index (χ1v) is 9.56. The van der Waals surface area contributed by atoms with Gasteiger partial charge in [0.05, 0.1) is 18.6 Å². The zero-order valence-electron chi connectivity index (χ0n) is 15.3. The SMILES string of the molecule is COc1cccc(CNC(=O)CSc2nc(C)cc(-c3ccccc3)n2)c1. The van der Waals surface area contributed by atoms with Crippen molar-refractivity contribution >= 4 is 17.7 Å². The predicted octanol–water partition coefficient (Wildman–Crippen LogP) is 3.87. The van der Waals surface area contributed by atoms with Crippen LogP contribution in [-0.4, -0.2) is 28.7 Å². The molecule has 0 atom stereocenters. The van der Waals surface area contributed by atoms with Crippen molar-refractivity contribution in [2.45, 2.75) is 18.6 Å². The van der Waals surface area contributed by atoms with E-state index in [0.29, 0.717) is 11.7 Å². The maximum atomic E-state index is 12.2. The van der Waals surface area contributed by atoms with E-state index in [4.69, 9.17) is 4.74 Å². The smallest absolute Gasteiger partial charge is 0.230 e. The number of hydrogen-bond acceptors (Lipinski definition) is 5. The molecule has 5 nitrogen and oxygen atoms in total. The first-order chi connectivity index (χ1) is 13.1. The van der Waals surface area contributed by atoms with E-state index in [1.807, 2.05) is 67.6 Å². The Balaban J connectivity index is 1.58. The van der Waals surface area contributed by atoms with Gasteiger partial charge in [-0.05, 0) is 30.7 Å². The van der Waals surface area contributed by atoms with Gasteiger partial charge in [0.2, 0.25) is 5.91 Å². The molecule has 0 aliphatic carbocycles. The summed E-state index contributed by atoms with van der Waals surface area (Å²) in [5.41, 5.74) is 3.77. The fourth-order valence-electron chi connectivity index (χ4n) is 2.53. The molecule has 3 aromatic rings. The fraction of sp³-hybridized carbons (Fsp3) is 0.190. The van der Waals surface area contributed by atoms with Gasteiger partial charge in [0.25, 0.3) is 0 Å². The number of thioether (sulfide) groups is 1. The van der Waals surface area contributed by atoms with Crippen molar-refractivity contribution in [3.8, 4) is 17.0 Å². The molecule has 138 valence electrons. The molecule has 0 radical (unpaired) electrons. The van der Waals surface area contributed by atoms with Crippen LogP contribution in [0.5, 0.6) is 5.75 Å². The van der Waals surface area contributed by atoms with Crippen LogP contribution in [0.25, 0.3) is 11.3 Å². The molecular formula is C21H21N3O2S. The highest BCUT2D eigenvalue weighted by Crippen LogP contribution is 2.21. The van der Waals surface area contributed by atoms with Crippen molar-refractivity contribution in [3.05, 3.63) is 71.9 Å². The van der Waals surface area contributed by atoms with Gasteiger partial charge in [0.1, 0.15) is 5.75 Å². The normalized spacial score (nSPS) is 10.4. The number of carbonyl (C=O) groups excluding carboxylic acids is 1. The van der Waals surface area contributed by atoms with Gasteiger partial charge in [0, 0.05) is 17.8 Å². The predicted molar refractivity (Wildman–Crippen MR) is 108 cm³/mol. The minimum atomic E-state index is -0.0609. The third-order valence-corrected chi connectivity index (χ3v) is 4.71. The van der Waals surface area contributed by atoms with Gasteiger partial charge in [-0.25, -0.2) is 9.97 Å². The van der Waals surface area contributed by atoms with E-state index >= 15 is 0 Å². The van der Waals surface area contributed by atoms with E-state index < -0.39 is 0 Å². The molecule has 0 spiro atoms. The highest BCUT2D eigenvalue weighted by atomic mass is 32.2. The average Bonchev–Trinajstić information content (AvgIpc) is 2.71. The Kier molecular flexibility index (Phi) is 6.44. The molecule has 0 saturated heterocycles. The maximum absolute atomic E-state index is 12.2. The topological polar surface area (TPSA) is 64.1 Å². The Morgan fingerprint density at radius 2 is 1.89 bits per heavy atom. The summed E-state index contributed by atoms with van der Waals surface area (Å²) < 4.78 is 5.19. The lowest BCUT2D eigenvalue weighted by Crippen LogP contribution is -2.24. The number of amides is 1. The number of hydrogen-bond donors (Lipinski definition) is 1. The zero-order valence-corrected chi connectivity index (χ0v) is 16.1. The second-order valence-corrected chi connectivity index (χ2v) is 6.90. The van der Waals surface area contributed by atoms with Crippen molar-refractivity contribution in [1.82, 2.24) is 15.3 Å². The third-order valence-electron chi connectivity index (χ3n) is 3.86. The van der Waals surface area contributed by atoms with Gasteiger partial charge < -0.3 is 10.1 Å². The van der Waals surface area contributed by atoms with Gasteiger partial charge in [-0.2, -0.15) is 0 Å². The molecule has 0 aliphatic heterocycles. The van der Waals surface area contributed by atoms with E-state index in [1.165, 1.54) is 11.8 Å². The zero-order chi connectivity index (χ0) is 19.1. The van der Waals surface area contributed by atoms with Crippen LogP contribution in [0, 0.1) is 6.92 Å². The Bertz CT molecular complexity index is 916. The maximum Gasteiger partial charge on any atom is 0.230 e.